The fraction of sp³-hybridized carbons (Fsp3) is 0.235. The van der Waals surface area contributed by atoms with Gasteiger partial charge in [0.25, 0.3) is 5.91 Å². The average molecular weight is 285 g/mol. The van der Waals surface area contributed by atoms with E-state index < -0.39 is 0 Å². The van der Waals surface area contributed by atoms with E-state index in [-0.39, 0.29) is 25.2 Å². The molecule has 4 heteroatoms. The van der Waals surface area contributed by atoms with Crippen molar-refractivity contribution in [2.75, 3.05) is 6.61 Å². The lowest BCUT2D eigenvalue weighted by atomic mass is 10.1. The SMILES string of the molecule is CC(NC(=O)COc1ccc(CO)cc1)c1ccccc1. The highest BCUT2D eigenvalue weighted by Gasteiger charge is 2.09. The van der Waals surface area contributed by atoms with E-state index in [1.807, 2.05) is 37.3 Å². The zero-order valence-corrected chi connectivity index (χ0v) is 12.0. The summed E-state index contributed by atoms with van der Waals surface area (Å²) in [6.45, 7) is 1.90. The standard InChI is InChI=1S/C17H19NO3/c1-13(15-5-3-2-4-6-15)18-17(20)12-21-16-9-7-14(11-19)8-10-16/h2-10,13,19H,11-12H2,1H3,(H,18,20). The van der Waals surface area contributed by atoms with Gasteiger partial charge < -0.3 is 15.2 Å². The van der Waals surface area contributed by atoms with Gasteiger partial charge in [-0.05, 0) is 30.2 Å². The normalized spacial score (nSPS) is 11.7. The number of aliphatic hydroxyl groups is 1. The van der Waals surface area contributed by atoms with Gasteiger partial charge in [-0.1, -0.05) is 42.5 Å². The van der Waals surface area contributed by atoms with Crippen molar-refractivity contribution in [2.45, 2.75) is 19.6 Å². The first-order chi connectivity index (χ1) is 10.2. The Morgan fingerprint density at radius 1 is 1.14 bits per heavy atom. The number of benzene rings is 2. The first kappa shape index (κ1) is 15.1. The number of amides is 1. The molecule has 0 radical (unpaired) electrons. The Kier molecular flexibility index (Phi) is 5.35. The van der Waals surface area contributed by atoms with Crippen LogP contribution in [0, 0.1) is 0 Å². The largest absolute Gasteiger partial charge is 0.484 e. The van der Waals surface area contributed by atoms with Gasteiger partial charge >= 0.3 is 0 Å². The van der Waals surface area contributed by atoms with E-state index in [4.69, 9.17) is 9.84 Å². The Bertz CT molecular complexity index is 566. The summed E-state index contributed by atoms with van der Waals surface area (Å²) in [7, 11) is 0. The summed E-state index contributed by atoms with van der Waals surface area (Å²) in [4.78, 5) is 11.8. The predicted molar refractivity (Wildman–Crippen MR) is 80.9 cm³/mol. The summed E-state index contributed by atoms with van der Waals surface area (Å²) >= 11 is 0. The lowest BCUT2D eigenvalue weighted by Gasteiger charge is -2.14. The van der Waals surface area contributed by atoms with Gasteiger partial charge in [-0.25, -0.2) is 0 Å². The maximum Gasteiger partial charge on any atom is 0.258 e. The average Bonchev–Trinajstić information content (AvgIpc) is 2.54. The molecule has 0 aliphatic carbocycles. The maximum absolute atomic E-state index is 11.8. The second kappa shape index (κ2) is 7.45. The third-order valence-corrected chi connectivity index (χ3v) is 3.15. The molecule has 2 aromatic carbocycles. The van der Waals surface area contributed by atoms with E-state index in [0.717, 1.165) is 11.1 Å². The van der Waals surface area contributed by atoms with Crippen molar-refractivity contribution in [1.82, 2.24) is 5.32 Å². The molecule has 0 aliphatic heterocycles. The topological polar surface area (TPSA) is 58.6 Å². The van der Waals surface area contributed by atoms with Crippen LogP contribution >= 0.6 is 0 Å². The molecular formula is C17H19NO3. The minimum Gasteiger partial charge on any atom is -0.484 e. The minimum atomic E-state index is -0.169. The first-order valence-corrected chi connectivity index (χ1v) is 6.86. The minimum absolute atomic E-state index is 0.00461. The molecule has 0 aromatic heterocycles. The van der Waals surface area contributed by atoms with Crippen molar-refractivity contribution in [3.63, 3.8) is 0 Å². The Morgan fingerprint density at radius 2 is 1.81 bits per heavy atom. The Morgan fingerprint density at radius 3 is 2.43 bits per heavy atom. The lowest BCUT2D eigenvalue weighted by molar-refractivity contribution is -0.123. The van der Waals surface area contributed by atoms with Crippen LogP contribution in [0.4, 0.5) is 0 Å². The summed E-state index contributed by atoms with van der Waals surface area (Å²) in [6.07, 6.45) is 0. The molecule has 0 spiro atoms. The van der Waals surface area contributed by atoms with Gasteiger partial charge in [0.2, 0.25) is 0 Å². The smallest absolute Gasteiger partial charge is 0.258 e. The number of nitrogens with one attached hydrogen (secondary N) is 1. The van der Waals surface area contributed by atoms with E-state index >= 15 is 0 Å². The highest BCUT2D eigenvalue weighted by atomic mass is 16.5. The molecule has 0 fully saturated rings. The molecule has 1 unspecified atom stereocenters. The van der Waals surface area contributed by atoms with Gasteiger partial charge in [0.15, 0.2) is 6.61 Å². The van der Waals surface area contributed by atoms with Crippen molar-refractivity contribution in [2.24, 2.45) is 0 Å². The van der Waals surface area contributed by atoms with Gasteiger partial charge in [0.1, 0.15) is 5.75 Å². The maximum atomic E-state index is 11.8. The molecule has 2 N–H and O–H groups in total. The van der Waals surface area contributed by atoms with Crippen LogP contribution in [0.3, 0.4) is 0 Å². The van der Waals surface area contributed by atoms with Crippen LogP contribution < -0.4 is 10.1 Å². The highest BCUT2D eigenvalue weighted by Crippen LogP contribution is 2.13. The van der Waals surface area contributed by atoms with Gasteiger partial charge in [0.05, 0.1) is 12.6 Å². The van der Waals surface area contributed by atoms with E-state index in [1.165, 1.54) is 0 Å². The number of ether oxygens (including phenoxy) is 1. The number of hydrogen-bond donors (Lipinski definition) is 2. The van der Waals surface area contributed by atoms with Gasteiger partial charge in [-0.15, -0.1) is 0 Å². The molecule has 0 bridgehead atoms. The fourth-order valence-corrected chi connectivity index (χ4v) is 1.95. The third-order valence-electron chi connectivity index (χ3n) is 3.15. The van der Waals surface area contributed by atoms with Crippen LogP contribution in [0.25, 0.3) is 0 Å². The quantitative estimate of drug-likeness (QED) is 0.857. The van der Waals surface area contributed by atoms with Crippen molar-refractivity contribution < 1.29 is 14.6 Å². The van der Waals surface area contributed by atoms with Crippen molar-refractivity contribution in [3.8, 4) is 5.75 Å². The Hall–Kier alpha value is -2.33. The molecule has 1 atom stereocenters. The summed E-state index contributed by atoms with van der Waals surface area (Å²) in [6, 6.07) is 16.7. The first-order valence-electron chi connectivity index (χ1n) is 6.86. The van der Waals surface area contributed by atoms with Crippen LogP contribution in [0.5, 0.6) is 5.75 Å². The number of carbonyl (C=O) groups excluding carboxylic acids is 1. The number of hydrogen-bond acceptors (Lipinski definition) is 3. The molecule has 0 saturated heterocycles. The molecule has 1 amide bonds. The molecule has 4 nitrogen and oxygen atoms in total. The van der Waals surface area contributed by atoms with Gasteiger partial charge in [-0.3, -0.25) is 4.79 Å². The monoisotopic (exact) mass is 285 g/mol. The van der Waals surface area contributed by atoms with Crippen molar-refractivity contribution in [1.29, 1.82) is 0 Å². The van der Waals surface area contributed by atoms with Crippen LogP contribution in [0.15, 0.2) is 54.6 Å². The molecular weight excluding hydrogens is 266 g/mol. The van der Waals surface area contributed by atoms with Gasteiger partial charge in [-0.2, -0.15) is 0 Å². The van der Waals surface area contributed by atoms with Crippen LogP contribution in [0.2, 0.25) is 0 Å². The Labute approximate surface area is 124 Å². The molecule has 2 aromatic rings. The van der Waals surface area contributed by atoms with Crippen molar-refractivity contribution in [3.05, 3.63) is 65.7 Å². The predicted octanol–water partition coefficient (Wildman–Crippen LogP) is 2.44. The Balaban J connectivity index is 1.81. The van der Waals surface area contributed by atoms with E-state index in [2.05, 4.69) is 5.32 Å². The zero-order chi connectivity index (χ0) is 15.1. The van der Waals surface area contributed by atoms with Gasteiger partial charge in [0, 0.05) is 0 Å². The van der Waals surface area contributed by atoms with Crippen LogP contribution in [-0.2, 0) is 11.4 Å². The summed E-state index contributed by atoms with van der Waals surface area (Å²) in [5, 5.41) is 11.8. The third kappa shape index (κ3) is 4.61. The highest BCUT2D eigenvalue weighted by molar-refractivity contribution is 5.78. The van der Waals surface area contributed by atoms with Crippen molar-refractivity contribution >= 4 is 5.91 Å². The molecule has 2 rings (SSSR count). The van der Waals surface area contributed by atoms with Crippen LogP contribution in [-0.4, -0.2) is 17.6 Å². The second-order valence-electron chi connectivity index (χ2n) is 4.79. The number of carbonyl (C=O) groups is 1. The molecule has 0 aliphatic rings. The van der Waals surface area contributed by atoms with E-state index in [1.54, 1.807) is 24.3 Å². The lowest BCUT2D eigenvalue weighted by Crippen LogP contribution is -2.31. The van der Waals surface area contributed by atoms with E-state index in [0.29, 0.717) is 5.75 Å². The molecule has 0 saturated carbocycles. The summed E-state index contributed by atoms with van der Waals surface area (Å²) in [5.41, 5.74) is 1.86. The number of rotatable bonds is 6. The molecule has 21 heavy (non-hydrogen) atoms. The summed E-state index contributed by atoms with van der Waals surface area (Å²) < 4.78 is 5.41. The number of aliphatic hydroxyl groups excluding tert-OH is 1. The molecule has 110 valence electrons. The fourth-order valence-electron chi connectivity index (χ4n) is 1.95. The molecule has 0 heterocycles. The van der Waals surface area contributed by atoms with E-state index in [9.17, 15) is 4.79 Å². The summed E-state index contributed by atoms with van der Waals surface area (Å²) in [5.74, 6) is 0.437. The second-order valence-corrected chi connectivity index (χ2v) is 4.79. The zero-order valence-electron chi connectivity index (χ0n) is 12.0. The van der Waals surface area contributed by atoms with Crippen LogP contribution in [0.1, 0.15) is 24.1 Å².